The number of aryl methyl sites for hydroxylation is 1. The number of hydrogen-bond donors (Lipinski definition) is 1. The first-order valence-corrected chi connectivity index (χ1v) is 11.0. The third kappa shape index (κ3) is 6.13. The fourth-order valence-corrected chi connectivity index (χ4v) is 3.89. The first-order valence-electron chi connectivity index (χ1n) is 10.2. The number of amides is 2. The van der Waals surface area contributed by atoms with Crippen molar-refractivity contribution in [3.8, 4) is 5.75 Å². The first-order chi connectivity index (χ1) is 14.5. The van der Waals surface area contributed by atoms with E-state index in [-0.39, 0.29) is 24.5 Å². The molecular formula is C23H26Cl2N2O3. The number of carbonyl (C=O) groups excluding carboxylic acids is 2. The Hall–Kier alpha value is -2.24. The molecule has 1 N–H and O–H groups in total. The highest BCUT2D eigenvalue weighted by atomic mass is 35.5. The average Bonchev–Trinajstić information content (AvgIpc) is 2.75. The molecule has 1 aliphatic heterocycles. The molecule has 2 aromatic rings. The molecule has 1 fully saturated rings. The summed E-state index contributed by atoms with van der Waals surface area (Å²) in [6, 6.07) is 12.7. The van der Waals surface area contributed by atoms with Crippen LogP contribution in [0.5, 0.6) is 5.75 Å². The largest absolute Gasteiger partial charge is 0.484 e. The maximum Gasteiger partial charge on any atom is 0.258 e. The van der Waals surface area contributed by atoms with Gasteiger partial charge in [-0.25, -0.2) is 0 Å². The summed E-state index contributed by atoms with van der Waals surface area (Å²) in [6.07, 6.45) is 3.49. The highest BCUT2D eigenvalue weighted by Crippen LogP contribution is 2.23. The summed E-state index contributed by atoms with van der Waals surface area (Å²) in [6.45, 7) is 3.21. The van der Waals surface area contributed by atoms with Gasteiger partial charge in [-0.3, -0.25) is 9.59 Å². The van der Waals surface area contributed by atoms with Gasteiger partial charge in [0.1, 0.15) is 5.75 Å². The zero-order valence-electron chi connectivity index (χ0n) is 17.0. The number of carbonyl (C=O) groups is 2. The lowest BCUT2D eigenvalue weighted by molar-refractivity contribution is -0.124. The van der Waals surface area contributed by atoms with Gasteiger partial charge in [0.05, 0.1) is 10.6 Å². The highest BCUT2D eigenvalue weighted by Gasteiger charge is 2.26. The van der Waals surface area contributed by atoms with Gasteiger partial charge in [-0.2, -0.15) is 0 Å². The molecule has 5 nitrogen and oxygen atoms in total. The van der Waals surface area contributed by atoms with Crippen LogP contribution in [0.4, 0.5) is 0 Å². The predicted molar refractivity (Wildman–Crippen MR) is 119 cm³/mol. The molecule has 30 heavy (non-hydrogen) atoms. The quantitative estimate of drug-likeness (QED) is 0.664. The maximum absolute atomic E-state index is 12.7. The molecule has 0 spiro atoms. The van der Waals surface area contributed by atoms with Crippen LogP contribution in [0, 0.1) is 0 Å². The van der Waals surface area contributed by atoms with Crippen molar-refractivity contribution in [1.82, 2.24) is 10.2 Å². The van der Waals surface area contributed by atoms with E-state index in [4.69, 9.17) is 27.9 Å². The topological polar surface area (TPSA) is 58.6 Å². The lowest BCUT2D eigenvalue weighted by Gasteiger charge is -2.32. The second-order valence-corrected chi connectivity index (χ2v) is 8.28. The number of rotatable bonds is 7. The van der Waals surface area contributed by atoms with Gasteiger partial charge in [0.15, 0.2) is 6.61 Å². The Morgan fingerprint density at radius 2 is 1.80 bits per heavy atom. The lowest BCUT2D eigenvalue weighted by Crippen LogP contribution is -2.47. The standard InChI is InChI=1S/C23H26Cl2N2O3/c1-2-3-16-4-7-19(8-5-16)30-15-22(28)26-18-10-12-27(13-11-18)23(29)20-14-17(24)6-9-21(20)25/h4-9,14,18H,2-3,10-13,15H2,1H3,(H,26,28). The van der Waals surface area contributed by atoms with Gasteiger partial charge < -0.3 is 15.0 Å². The number of benzene rings is 2. The van der Waals surface area contributed by atoms with E-state index < -0.39 is 0 Å². The zero-order valence-corrected chi connectivity index (χ0v) is 18.5. The third-order valence-electron chi connectivity index (χ3n) is 5.14. The van der Waals surface area contributed by atoms with Crippen molar-refractivity contribution in [2.75, 3.05) is 19.7 Å². The number of ether oxygens (including phenoxy) is 1. The molecule has 0 aromatic heterocycles. The van der Waals surface area contributed by atoms with E-state index in [1.165, 1.54) is 5.56 Å². The highest BCUT2D eigenvalue weighted by molar-refractivity contribution is 6.35. The van der Waals surface area contributed by atoms with Crippen LogP contribution in [-0.2, 0) is 11.2 Å². The second kappa shape index (κ2) is 10.7. The Kier molecular flexibility index (Phi) is 8.00. The summed E-state index contributed by atoms with van der Waals surface area (Å²) in [4.78, 5) is 26.7. The van der Waals surface area contributed by atoms with Crippen LogP contribution >= 0.6 is 23.2 Å². The number of piperidine rings is 1. The second-order valence-electron chi connectivity index (χ2n) is 7.44. The molecule has 1 aliphatic rings. The van der Waals surface area contributed by atoms with E-state index >= 15 is 0 Å². The van der Waals surface area contributed by atoms with E-state index in [1.54, 1.807) is 23.1 Å². The number of halogens is 2. The molecule has 3 rings (SSSR count). The zero-order chi connectivity index (χ0) is 21.5. The summed E-state index contributed by atoms with van der Waals surface area (Å²) < 4.78 is 5.58. The van der Waals surface area contributed by atoms with Crippen molar-refractivity contribution in [3.63, 3.8) is 0 Å². The molecule has 7 heteroatoms. The molecule has 1 heterocycles. The smallest absolute Gasteiger partial charge is 0.258 e. The molecule has 0 atom stereocenters. The summed E-state index contributed by atoms with van der Waals surface area (Å²) in [7, 11) is 0. The SMILES string of the molecule is CCCc1ccc(OCC(=O)NC2CCN(C(=O)c3cc(Cl)ccc3Cl)CC2)cc1. The van der Waals surface area contributed by atoms with Gasteiger partial charge in [-0.05, 0) is 55.2 Å². The minimum Gasteiger partial charge on any atom is -0.484 e. The maximum atomic E-state index is 12.7. The summed E-state index contributed by atoms with van der Waals surface area (Å²) in [5.41, 5.74) is 1.67. The average molecular weight is 449 g/mol. The molecule has 2 amide bonds. The fourth-order valence-electron chi connectivity index (χ4n) is 3.52. The van der Waals surface area contributed by atoms with Gasteiger partial charge in [0, 0.05) is 24.2 Å². The Morgan fingerprint density at radius 3 is 2.47 bits per heavy atom. The van der Waals surface area contributed by atoms with Crippen LogP contribution in [0.2, 0.25) is 10.0 Å². The molecule has 160 valence electrons. The number of hydrogen-bond acceptors (Lipinski definition) is 3. The molecule has 2 aromatic carbocycles. The van der Waals surface area contributed by atoms with E-state index in [1.807, 2.05) is 24.3 Å². The van der Waals surface area contributed by atoms with Crippen molar-refractivity contribution in [2.45, 2.75) is 38.6 Å². The third-order valence-corrected chi connectivity index (χ3v) is 5.70. The Balaban J connectivity index is 1.43. The minimum absolute atomic E-state index is 0.0203. The Morgan fingerprint density at radius 1 is 1.10 bits per heavy atom. The Labute approximate surface area is 187 Å². The van der Waals surface area contributed by atoms with E-state index in [0.717, 1.165) is 12.8 Å². The number of nitrogens with zero attached hydrogens (tertiary/aromatic N) is 1. The summed E-state index contributed by atoms with van der Waals surface area (Å²) in [5, 5.41) is 3.86. The van der Waals surface area contributed by atoms with Crippen LogP contribution in [0.3, 0.4) is 0 Å². The van der Waals surface area contributed by atoms with Crippen molar-refractivity contribution >= 4 is 35.0 Å². The van der Waals surface area contributed by atoms with Crippen molar-refractivity contribution < 1.29 is 14.3 Å². The van der Waals surface area contributed by atoms with Gasteiger partial charge in [-0.1, -0.05) is 48.7 Å². The first kappa shape index (κ1) is 22.4. The van der Waals surface area contributed by atoms with Crippen LogP contribution in [0.25, 0.3) is 0 Å². The fraction of sp³-hybridized carbons (Fsp3) is 0.391. The van der Waals surface area contributed by atoms with Gasteiger partial charge in [0.2, 0.25) is 0 Å². The predicted octanol–water partition coefficient (Wildman–Crippen LogP) is 4.75. The normalized spacial score (nSPS) is 14.4. The van der Waals surface area contributed by atoms with Crippen molar-refractivity contribution in [1.29, 1.82) is 0 Å². The molecule has 0 unspecified atom stereocenters. The van der Waals surface area contributed by atoms with Gasteiger partial charge in [-0.15, -0.1) is 0 Å². The van der Waals surface area contributed by atoms with Gasteiger partial charge >= 0.3 is 0 Å². The summed E-state index contributed by atoms with van der Waals surface area (Å²) >= 11 is 12.1. The molecular weight excluding hydrogens is 423 g/mol. The van der Waals surface area contributed by atoms with E-state index in [2.05, 4.69) is 12.2 Å². The monoisotopic (exact) mass is 448 g/mol. The summed E-state index contributed by atoms with van der Waals surface area (Å²) in [5.74, 6) is 0.390. The van der Waals surface area contributed by atoms with Crippen LogP contribution in [0.1, 0.15) is 42.1 Å². The molecule has 0 bridgehead atoms. The van der Waals surface area contributed by atoms with Crippen LogP contribution < -0.4 is 10.1 Å². The van der Waals surface area contributed by atoms with Gasteiger partial charge in [0.25, 0.3) is 11.8 Å². The molecule has 0 radical (unpaired) electrons. The van der Waals surface area contributed by atoms with Crippen LogP contribution in [0.15, 0.2) is 42.5 Å². The lowest BCUT2D eigenvalue weighted by atomic mass is 10.0. The van der Waals surface area contributed by atoms with E-state index in [0.29, 0.717) is 47.3 Å². The minimum atomic E-state index is -0.157. The Bertz CT molecular complexity index is 879. The number of nitrogens with one attached hydrogen (secondary N) is 1. The molecule has 0 aliphatic carbocycles. The number of likely N-dealkylation sites (tertiary alicyclic amines) is 1. The van der Waals surface area contributed by atoms with Crippen molar-refractivity contribution in [2.24, 2.45) is 0 Å². The molecule has 1 saturated heterocycles. The van der Waals surface area contributed by atoms with Crippen LogP contribution in [-0.4, -0.2) is 42.5 Å². The van der Waals surface area contributed by atoms with Crippen molar-refractivity contribution in [3.05, 3.63) is 63.6 Å². The van der Waals surface area contributed by atoms with E-state index in [9.17, 15) is 9.59 Å². The molecule has 0 saturated carbocycles.